The van der Waals surface area contributed by atoms with Crippen molar-refractivity contribution in [3.63, 3.8) is 0 Å². The number of aromatic hydroxyl groups is 1. The van der Waals surface area contributed by atoms with Crippen molar-refractivity contribution < 1.29 is 29.1 Å². The van der Waals surface area contributed by atoms with Gasteiger partial charge in [-0.25, -0.2) is 0 Å². The number of hydrogen-bond donors (Lipinski definition) is 3. The van der Waals surface area contributed by atoms with Gasteiger partial charge in [0.25, 0.3) is 0 Å². The van der Waals surface area contributed by atoms with Crippen LogP contribution in [0.1, 0.15) is 11.1 Å². The zero-order valence-electron chi connectivity index (χ0n) is 18.5. The Bertz CT molecular complexity index is 1050. The molecule has 6 nitrogen and oxygen atoms in total. The molecule has 1 heterocycles. The smallest absolute Gasteiger partial charge is 0.203 e. The minimum Gasteiger partial charge on any atom is -0.507 e. The summed E-state index contributed by atoms with van der Waals surface area (Å²) in [4.78, 5) is 3.03. The van der Waals surface area contributed by atoms with Gasteiger partial charge >= 0.3 is 0 Å². The molecule has 1 aliphatic rings. The Balaban J connectivity index is 1.43. The number of rotatable bonds is 7. The lowest BCUT2D eigenvalue weighted by atomic mass is 10.0. The average molecular weight is 425 g/mol. The summed E-state index contributed by atoms with van der Waals surface area (Å²) in [7, 11) is 4.95. The van der Waals surface area contributed by atoms with E-state index in [1.165, 1.54) is 15.2 Å². The molecular formula is C25H32N2O4+2. The molecule has 0 amide bonds. The molecule has 0 spiro atoms. The highest BCUT2D eigenvalue weighted by Gasteiger charge is 2.26. The average Bonchev–Trinajstić information content (AvgIpc) is 2.81. The van der Waals surface area contributed by atoms with Crippen LogP contribution in [-0.4, -0.2) is 52.6 Å². The van der Waals surface area contributed by atoms with E-state index in [4.69, 9.17) is 14.2 Å². The molecule has 0 unspecified atom stereocenters. The third kappa shape index (κ3) is 4.40. The fraction of sp³-hybridized carbons (Fsp3) is 0.360. The van der Waals surface area contributed by atoms with E-state index >= 15 is 0 Å². The summed E-state index contributed by atoms with van der Waals surface area (Å²) in [6.07, 6.45) is 0. The van der Waals surface area contributed by atoms with Crippen LogP contribution in [0.5, 0.6) is 23.0 Å². The number of methoxy groups -OCH3 is 3. The number of benzene rings is 3. The first-order valence-electron chi connectivity index (χ1n) is 10.8. The number of phenolic OH excluding ortho intramolecular Hbond substituents is 1. The second kappa shape index (κ2) is 9.45. The molecule has 164 valence electrons. The van der Waals surface area contributed by atoms with Gasteiger partial charge in [-0.3, -0.25) is 0 Å². The van der Waals surface area contributed by atoms with Crippen LogP contribution in [0, 0.1) is 0 Å². The first-order valence-corrected chi connectivity index (χ1v) is 10.8. The largest absolute Gasteiger partial charge is 0.507 e. The maximum Gasteiger partial charge on any atom is 0.203 e. The Hall–Kier alpha value is -2.96. The summed E-state index contributed by atoms with van der Waals surface area (Å²) in [6, 6.07) is 16.1. The highest BCUT2D eigenvalue weighted by Crippen LogP contribution is 2.39. The van der Waals surface area contributed by atoms with Gasteiger partial charge in [0.15, 0.2) is 11.5 Å². The zero-order chi connectivity index (χ0) is 21.8. The number of quaternary nitrogens is 2. The van der Waals surface area contributed by atoms with Crippen LogP contribution in [0.3, 0.4) is 0 Å². The fourth-order valence-electron chi connectivity index (χ4n) is 4.64. The molecule has 1 saturated heterocycles. The van der Waals surface area contributed by atoms with Gasteiger partial charge in [-0.15, -0.1) is 0 Å². The van der Waals surface area contributed by atoms with Gasteiger partial charge in [-0.1, -0.05) is 30.3 Å². The van der Waals surface area contributed by atoms with Gasteiger partial charge in [-0.2, -0.15) is 0 Å². The molecule has 3 aromatic carbocycles. The van der Waals surface area contributed by atoms with Gasteiger partial charge in [0.05, 0.1) is 32.5 Å². The summed E-state index contributed by atoms with van der Waals surface area (Å²) >= 11 is 0. The van der Waals surface area contributed by atoms with E-state index in [9.17, 15) is 5.11 Å². The summed E-state index contributed by atoms with van der Waals surface area (Å²) in [5.41, 5.74) is 2.18. The van der Waals surface area contributed by atoms with E-state index in [0.717, 1.165) is 61.5 Å². The van der Waals surface area contributed by atoms with Gasteiger partial charge in [-0.05, 0) is 29.0 Å². The van der Waals surface area contributed by atoms with Crippen molar-refractivity contribution in [2.75, 3.05) is 47.5 Å². The lowest BCUT2D eigenvalue weighted by molar-refractivity contribution is -1.02. The second-order valence-electron chi connectivity index (χ2n) is 8.13. The topological polar surface area (TPSA) is 56.8 Å². The Morgan fingerprint density at radius 1 is 0.742 bits per heavy atom. The van der Waals surface area contributed by atoms with Crippen molar-refractivity contribution in [2.45, 2.75) is 13.1 Å². The maximum absolute atomic E-state index is 10.5. The zero-order valence-corrected chi connectivity index (χ0v) is 18.5. The van der Waals surface area contributed by atoms with Gasteiger partial charge in [0.2, 0.25) is 5.75 Å². The molecule has 31 heavy (non-hydrogen) atoms. The first kappa shape index (κ1) is 21.3. The Morgan fingerprint density at radius 3 is 2.10 bits per heavy atom. The van der Waals surface area contributed by atoms with Crippen LogP contribution in [0.25, 0.3) is 10.8 Å². The highest BCUT2D eigenvalue weighted by atomic mass is 16.5. The molecular weight excluding hydrogens is 392 g/mol. The lowest BCUT2D eigenvalue weighted by Gasteiger charge is -2.30. The van der Waals surface area contributed by atoms with Crippen molar-refractivity contribution in [1.82, 2.24) is 0 Å². The predicted octanol–water partition coefficient (Wildman–Crippen LogP) is 1.05. The molecule has 0 aliphatic carbocycles. The molecule has 0 saturated carbocycles. The normalized spacial score (nSPS) is 18.7. The Labute approximate surface area is 183 Å². The lowest BCUT2D eigenvalue weighted by Crippen LogP contribution is -3.27. The van der Waals surface area contributed by atoms with Gasteiger partial charge in [0.1, 0.15) is 45.0 Å². The number of ether oxygens (including phenoxy) is 3. The van der Waals surface area contributed by atoms with Crippen molar-refractivity contribution in [2.24, 2.45) is 0 Å². The third-order valence-corrected chi connectivity index (χ3v) is 6.33. The number of piperazine rings is 1. The monoisotopic (exact) mass is 424 g/mol. The van der Waals surface area contributed by atoms with E-state index in [1.807, 2.05) is 30.3 Å². The molecule has 0 atom stereocenters. The highest BCUT2D eigenvalue weighted by molar-refractivity contribution is 5.87. The summed E-state index contributed by atoms with van der Waals surface area (Å²) in [5.74, 6) is 2.49. The van der Waals surface area contributed by atoms with E-state index < -0.39 is 0 Å². The maximum atomic E-state index is 10.5. The molecule has 0 radical (unpaired) electrons. The van der Waals surface area contributed by atoms with Crippen molar-refractivity contribution in [1.29, 1.82) is 0 Å². The van der Waals surface area contributed by atoms with Crippen LogP contribution < -0.4 is 24.0 Å². The Kier molecular flexibility index (Phi) is 6.49. The van der Waals surface area contributed by atoms with Crippen molar-refractivity contribution in [3.05, 3.63) is 59.7 Å². The molecule has 0 bridgehead atoms. The minimum atomic E-state index is 0.399. The number of nitrogens with one attached hydrogen (secondary N) is 2. The molecule has 3 aromatic rings. The van der Waals surface area contributed by atoms with E-state index in [2.05, 4.69) is 18.2 Å². The standard InChI is InChI=1S/C25H30N2O4/c1-29-23-11-9-19(24(30-2)25(23)31-3)16-26-12-14-27(15-13-26)17-21-20-7-5-4-6-18(20)8-10-22(21)28/h4-11,28H,12-17H2,1-3H3/p+2. The molecule has 4 rings (SSSR count). The fourth-order valence-corrected chi connectivity index (χ4v) is 4.64. The molecule has 6 heteroatoms. The van der Waals surface area contributed by atoms with Crippen LogP contribution in [-0.2, 0) is 13.1 Å². The number of hydrogen-bond acceptors (Lipinski definition) is 4. The number of phenols is 1. The second-order valence-corrected chi connectivity index (χ2v) is 8.13. The van der Waals surface area contributed by atoms with Crippen LogP contribution in [0.2, 0.25) is 0 Å². The van der Waals surface area contributed by atoms with Crippen molar-refractivity contribution in [3.8, 4) is 23.0 Å². The minimum absolute atomic E-state index is 0.399. The quantitative estimate of drug-likeness (QED) is 0.531. The van der Waals surface area contributed by atoms with Gasteiger partial charge in [0, 0.05) is 0 Å². The van der Waals surface area contributed by atoms with Crippen LogP contribution >= 0.6 is 0 Å². The number of fused-ring (bicyclic) bond motifs is 1. The summed E-state index contributed by atoms with van der Waals surface area (Å²) in [5, 5.41) is 12.8. The molecule has 1 aliphatic heterocycles. The molecule has 0 aromatic heterocycles. The van der Waals surface area contributed by atoms with Crippen molar-refractivity contribution >= 4 is 10.8 Å². The van der Waals surface area contributed by atoms with E-state index in [1.54, 1.807) is 21.3 Å². The molecule has 1 fully saturated rings. The van der Waals surface area contributed by atoms with Gasteiger partial charge < -0.3 is 29.1 Å². The summed E-state index contributed by atoms with van der Waals surface area (Å²) in [6.45, 7) is 5.99. The Morgan fingerprint density at radius 2 is 1.42 bits per heavy atom. The van der Waals surface area contributed by atoms with Crippen LogP contribution in [0.15, 0.2) is 48.5 Å². The van der Waals surface area contributed by atoms with Crippen LogP contribution in [0.4, 0.5) is 0 Å². The third-order valence-electron chi connectivity index (χ3n) is 6.33. The molecule has 3 N–H and O–H groups in total. The van der Waals surface area contributed by atoms with E-state index in [0.29, 0.717) is 17.2 Å². The first-order chi connectivity index (χ1) is 15.1. The predicted molar refractivity (Wildman–Crippen MR) is 121 cm³/mol. The van der Waals surface area contributed by atoms with E-state index in [-0.39, 0.29) is 0 Å². The summed E-state index contributed by atoms with van der Waals surface area (Å²) < 4.78 is 16.6. The SMILES string of the molecule is COc1ccc(C[NH+]2CC[NH+](Cc3c(O)ccc4ccccc34)CC2)c(OC)c1OC.